The standard InChI is InChI=1S/C18H24BFN2O3/c1-17(2)18(3,4)25-19(24-17)13-9-12(11-21)16(15(20)10-13)22-14-5-7-23-8-6-14/h9-10,14,22H,5-8H2,1-4H3. The minimum atomic E-state index is -0.691. The summed E-state index contributed by atoms with van der Waals surface area (Å²) < 4.78 is 32.0. The number of nitrogens with one attached hydrogen (secondary N) is 1. The number of nitrogens with zero attached hydrogens (tertiary/aromatic N) is 1. The van der Waals surface area contributed by atoms with Crippen LogP contribution in [0.15, 0.2) is 12.1 Å². The zero-order chi connectivity index (χ0) is 18.2. The van der Waals surface area contributed by atoms with E-state index in [1.807, 2.05) is 27.7 Å². The molecule has 2 fully saturated rings. The van der Waals surface area contributed by atoms with Crippen LogP contribution in [-0.4, -0.2) is 37.6 Å². The molecule has 0 aromatic heterocycles. The molecular weight excluding hydrogens is 322 g/mol. The molecule has 0 saturated carbocycles. The van der Waals surface area contributed by atoms with E-state index in [2.05, 4.69) is 11.4 Å². The summed E-state index contributed by atoms with van der Waals surface area (Å²) in [4.78, 5) is 0. The highest BCUT2D eigenvalue weighted by atomic mass is 19.1. The summed E-state index contributed by atoms with van der Waals surface area (Å²) in [5, 5.41) is 12.6. The lowest BCUT2D eigenvalue weighted by atomic mass is 9.78. The molecule has 0 spiro atoms. The van der Waals surface area contributed by atoms with Gasteiger partial charge in [-0.25, -0.2) is 4.39 Å². The Balaban J connectivity index is 1.86. The lowest BCUT2D eigenvalue weighted by Crippen LogP contribution is -2.41. The molecule has 2 heterocycles. The molecule has 3 rings (SSSR count). The van der Waals surface area contributed by atoms with Gasteiger partial charge in [-0.15, -0.1) is 0 Å². The first-order chi connectivity index (χ1) is 11.7. The van der Waals surface area contributed by atoms with Crippen LogP contribution in [0.1, 0.15) is 46.1 Å². The minimum absolute atomic E-state index is 0.109. The normalized spacial score (nSPS) is 22.6. The smallest absolute Gasteiger partial charge is 0.399 e. The van der Waals surface area contributed by atoms with Crippen LogP contribution in [0.4, 0.5) is 10.1 Å². The number of rotatable bonds is 3. The number of hydrogen-bond donors (Lipinski definition) is 1. The lowest BCUT2D eigenvalue weighted by molar-refractivity contribution is 0.00578. The van der Waals surface area contributed by atoms with Crippen molar-refractivity contribution in [2.75, 3.05) is 18.5 Å². The van der Waals surface area contributed by atoms with Crippen LogP contribution < -0.4 is 10.8 Å². The fraction of sp³-hybridized carbons (Fsp3) is 0.611. The minimum Gasteiger partial charge on any atom is -0.399 e. The predicted molar refractivity (Wildman–Crippen MR) is 94.3 cm³/mol. The first kappa shape index (κ1) is 18.2. The molecule has 0 atom stereocenters. The first-order valence-electron chi connectivity index (χ1n) is 8.67. The molecule has 0 aliphatic carbocycles. The maximum Gasteiger partial charge on any atom is 0.494 e. The van der Waals surface area contributed by atoms with Crippen LogP contribution in [0.3, 0.4) is 0 Å². The van der Waals surface area contributed by atoms with Crippen molar-refractivity contribution in [2.45, 2.75) is 57.8 Å². The second-order valence-corrected chi connectivity index (χ2v) is 7.66. The molecule has 1 aromatic rings. The molecule has 0 unspecified atom stereocenters. The molecule has 0 amide bonds. The second kappa shape index (κ2) is 6.60. The van der Waals surface area contributed by atoms with Crippen molar-refractivity contribution in [3.8, 4) is 6.07 Å². The van der Waals surface area contributed by atoms with Gasteiger partial charge in [0.1, 0.15) is 11.9 Å². The van der Waals surface area contributed by atoms with E-state index in [0.29, 0.717) is 18.7 Å². The second-order valence-electron chi connectivity index (χ2n) is 7.66. The zero-order valence-electron chi connectivity index (χ0n) is 15.2. The fourth-order valence-electron chi connectivity index (χ4n) is 3.02. The SMILES string of the molecule is CC1(C)OB(c2cc(F)c(NC3CCOCC3)c(C#N)c2)OC1(C)C. The highest BCUT2D eigenvalue weighted by Crippen LogP contribution is 2.36. The molecule has 2 aliphatic heterocycles. The van der Waals surface area contributed by atoms with Crippen LogP contribution in [0.5, 0.6) is 0 Å². The number of halogens is 1. The molecule has 0 radical (unpaired) electrons. The molecule has 7 heteroatoms. The van der Waals surface area contributed by atoms with Gasteiger partial charge in [0.15, 0.2) is 0 Å². The summed E-state index contributed by atoms with van der Waals surface area (Å²) in [6.45, 7) is 9.05. The van der Waals surface area contributed by atoms with Crippen LogP contribution in [0, 0.1) is 17.1 Å². The highest BCUT2D eigenvalue weighted by Gasteiger charge is 2.52. The van der Waals surface area contributed by atoms with E-state index in [0.717, 1.165) is 12.8 Å². The van der Waals surface area contributed by atoms with E-state index in [9.17, 15) is 9.65 Å². The summed E-state index contributed by atoms with van der Waals surface area (Å²) in [5.74, 6) is -0.463. The molecule has 1 N–H and O–H groups in total. The average Bonchev–Trinajstić information content (AvgIpc) is 2.78. The molecule has 2 aliphatic rings. The van der Waals surface area contributed by atoms with Gasteiger partial charge in [-0.1, -0.05) is 0 Å². The molecule has 134 valence electrons. The van der Waals surface area contributed by atoms with Crippen molar-refractivity contribution in [1.82, 2.24) is 0 Å². The van der Waals surface area contributed by atoms with Gasteiger partial charge < -0.3 is 19.4 Å². The number of nitriles is 1. The van der Waals surface area contributed by atoms with Gasteiger partial charge in [0.2, 0.25) is 0 Å². The zero-order valence-corrected chi connectivity index (χ0v) is 15.2. The molecule has 1 aromatic carbocycles. The van der Waals surface area contributed by atoms with Crippen molar-refractivity contribution in [3.05, 3.63) is 23.5 Å². The summed E-state index contributed by atoms with van der Waals surface area (Å²) in [5.41, 5.74) is -0.00368. The summed E-state index contributed by atoms with van der Waals surface area (Å²) in [7, 11) is -0.691. The highest BCUT2D eigenvalue weighted by molar-refractivity contribution is 6.62. The van der Waals surface area contributed by atoms with Crippen molar-refractivity contribution < 1.29 is 18.4 Å². The van der Waals surface area contributed by atoms with E-state index in [4.69, 9.17) is 14.0 Å². The van der Waals surface area contributed by atoms with E-state index >= 15 is 0 Å². The topological polar surface area (TPSA) is 63.5 Å². The van der Waals surface area contributed by atoms with Crippen molar-refractivity contribution in [2.24, 2.45) is 0 Å². The Bertz CT molecular complexity index is 680. The van der Waals surface area contributed by atoms with Crippen molar-refractivity contribution in [1.29, 1.82) is 5.26 Å². The van der Waals surface area contributed by atoms with Crippen LogP contribution >= 0.6 is 0 Å². The van der Waals surface area contributed by atoms with Gasteiger partial charge in [-0.05, 0) is 58.1 Å². The molecule has 25 heavy (non-hydrogen) atoms. The Morgan fingerprint density at radius 1 is 1.16 bits per heavy atom. The third kappa shape index (κ3) is 3.52. The summed E-state index contributed by atoms with van der Waals surface area (Å²) in [6, 6.07) is 5.23. The number of hydrogen-bond acceptors (Lipinski definition) is 5. The van der Waals surface area contributed by atoms with Gasteiger partial charge in [0.05, 0.1) is 22.5 Å². The Kier molecular flexibility index (Phi) is 4.80. The maximum atomic E-state index is 14.7. The maximum absolute atomic E-state index is 14.7. The predicted octanol–water partition coefficient (Wildman–Crippen LogP) is 2.59. The van der Waals surface area contributed by atoms with Gasteiger partial charge >= 0.3 is 7.12 Å². The first-order valence-corrected chi connectivity index (χ1v) is 8.67. The van der Waals surface area contributed by atoms with E-state index in [1.165, 1.54) is 6.07 Å². The van der Waals surface area contributed by atoms with Gasteiger partial charge in [-0.2, -0.15) is 5.26 Å². The fourth-order valence-corrected chi connectivity index (χ4v) is 3.02. The van der Waals surface area contributed by atoms with Gasteiger partial charge in [0.25, 0.3) is 0 Å². The van der Waals surface area contributed by atoms with E-state index in [-0.39, 0.29) is 17.3 Å². The Morgan fingerprint density at radius 2 is 1.76 bits per heavy atom. The van der Waals surface area contributed by atoms with Crippen LogP contribution in [0.25, 0.3) is 0 Å². The Hall–Kier alpha value is -1.62. The van der Waals surface area contributed by atoms with Crippen LogP contribution in [-0.2, 0) is 14.0 Å². The largest absolute Gasteiger partial charge is 0.494 e. The van der Waals surface area contributed by atoms with E-state index < -0.39 is 24.1 Å². The molecule has 0 bridgehead atoms. The third-order valence-electron chi connectivity index (χ3n) is 5.33. The molecular formula is C18H24BFN2O3. The van der Waals surface area contributed by atoms with Crippen molar-refractivity contribution >= 4 is 18.3 Å². The lowest BCUT2D eigenvalue weighted by Gasteiger charge is -2.32. The van der Waals surface area contributed by atoms with Gasteiger partial charge in [-0.3, -0.25) is 0 Å². The summed E-state index contributed by atoms with van der Waals surface area (Å²) in [6.07, 6.45) is 1.59. The quantitative estimate of drug-likeness (QED) is 0.853. The number of ether oxygens (including phenoxy) is 1. The third-order valence-corrected chi connectivity index (χ3v) is 5.33. The van der Waals surface area contributed by atoms with Crippen molar-refractivity contribution in [3.63, 3.8) is 0 Å². The molecule has 5 nitrogen and oxygen atoms in total. The van der Waals surface area contributed by atoms with Gasteiger partial charge in [0, 0.05) is 19.3 Å². The monoisotopic (exact) mass is 346 g/mol. The number of anilines is 1. The van der Waals surface area contributed by atoms with E-state index in [1.54, 1.807) is 6.07 Å². The molecule has 2 saturated heterocycles. The summed E-state index contributed by atoms with van der Waals surface area (Å²) >= 11 is 0. The number of benzene rings is 1. The van der Waals surface area contributed by atoms with Crippen LogP contribution in [0.2, 0.25) is 0 Å². The Labute approximate surface area is 148 Å². The Morgan fingerprint density at radius 3 is 2.32 bits per heavy atom. The average molecular weight is 346 g/mol.